The zero-order valence-electron chi connectivity index (χ0n) is 14.3. The first-order valence-corrected chi connectivity index (χ1v) is 8.86. The van der Waals surface area contributed by atoms with E-state index in [1.165, 1.54) is 18.7 Å². The van der Waals surface area contributed by atoms with Crippen molar-refractivity contribution in [2.45, 2.75) is 25.5 Å². The summed E-state index contributed by atoms with van der Waals surface area (Å²) in [6.07, 6.45) is 0. The van der Waals surface area contributed by atoms with Gasteiger partial charge in [0, 0.05) is 6.92 Å². The highest BCUT2D eigenvalue weighted by Crippen LogP contribution is 2.21. The lowest BCUT2D eigenvalue weighted by atomic mass is 10.2. The number of nitrogens with zero attached hydrogens (tertiary/aromatic N) is 4. The Morgan fingerprint density at radius 1 is 1.23 bits per heavy atom. The molecule has 1 aromatic carbocycles. The normalized spacial score (nSPS) is 10.7. The van der Waals surface area contributed by atoms with Gasteiger partial charge in [-0.1, -0.05) is 30.0 Å². The third-order valence-corrected chi connectivity index (χ3v) is 4.48. The highest BCUT2D eigenvalue weighted by atomic mass is 32.2. The molecule has 0 bridgehead atoms. The van der Waals surface area contributed by atoms with Crippen molar-refractivity contribution in [2.75, 3.05) is 5.75 Å². The number of carbonyl (C=O) groups is 2. The number of ketones is 1. The second kappa shape index (κ2) is 7.96. The van der Waals surface area contributed by atoms with Gasteiger partial charge in [0.1, 0.15) is 5.76 Å². The zero-order valence-corrected chi connectivity index (χ0v) is 15.1. The number of para-hydroxylation sites is 1. The van der Waals surface area contributed by atoms with Gasteiger partial charge in [0.25, 0.3) is 0 Å². The summed E-state index contributed by atoms with van der Waals surface area (Å²) in [6.45, 7) is 3.64. The lowest BCUT2D eigenvalue weighted by Crippen LogP contribution is -2.18. The quantitative estimate of drug-likeness (QED) is 0.501. The van der Waals surface area contributed by atoms with Gasteiger partial charge in [-0.3, -0.25) is 9.59 Å². The standard InChI is InChI=1S/C17H17N5O3S/c1-11-5-3-4-6-14(11)22-17(19-20-21-22)26-10-15(24)16-8-7-13(25-16)9-18-12(2)23/h3-8H,9-10H2,1-2H3,(H,18,23). The number of Topliss-reactive ketones (excluding diaryl/α,β-unsaturated/α-hetero) is 1. The lowest BCUT2D eigenvalue weighted by Gasteiger charge is -2.06. The average Bonchev–Trinajstić information content (AvgIpc) is 3.28. The van der Waals surface area contributed by atoms with E-state index >= 15 is 0 Å². The summed E-state index contributed by atoms with van der Waals surface area (Å²) < 4.78 is 7.07. The number of thioether (sulfide) groups is 1. The van der Waals surface area contributed by atoms with Gasteiger partial charge in [0.2, 0.25) is 16.8 Å². The first-order valence-electron chi connectivity index (χ1n) is 7.88. The van der Waals surface area contributed by atoms with E-state index in [4.69, 9.17) is 4.42 Å². The molecule has 0 saturated heterocycles. The van der Waals surface area contributed by atoms with Crippen LogP contribution in [0.2, 0.25) is 0 Å². The Morgan fingerprint density at radius 2 is 2.04 bits per heavy atom. The Bertz CT molecular complexity index is 934. The van der Waals surface area contributed by atoms with E-state index in [-0.39, 0.29) is 29.7 Å². The SMILES string of the molecule is CC(=O)NCc1ccc(C(=O)CSc2nnnn2-c2ccccc2C)o1. The molecule has 0 aliphatic heterocycles. The molecule has 0 spiro atoms. The van der Waals surface area contributed by atoms with E-state index < -0.39 is 0 Å². The number of nitrogens with one attached hydrogen (secondary N) is 1. The molecular weight excluding hydrogens is 354 g/mol. The largest absolute Gasteiger partial charge is 0.456 e. The van der Waals surface area contributed by atoms with E-state index in [0.717, 1.165) is 11.3 Å². The molecule has 0 saturated carbocycles. The molecule has 0 radical (unpaired) electrons. The molecule has 134 valence electrons. The minimum absolute atomic E-state index is 0.138. The molecule has 1 N–H and O–H groups in total. The minimum Gasteiger partial charge on any atom is -0.456 e. The van der Waals surface area contributed by atoms with E-state index in [9.17, 15) is 9.59 Å². The second-order valence-corrected chi connectivity index (χ2v) is 6.49. The van der Waals surface area contributed by atoms with E-state index in [1.54, 1.807) is 16.8 Å². The van der Waals surface area contributed by atoms with Gasteiger partial charge in [-0.2, -0.15) is 4.68 Å². The van der Waals surface area contributed by atoms with Crippen LogP contribution in [-0.4, -0.2) is 37.7 Å². The summed E-state index contributed by atoms with van der Waals surface area (Å²) in [5, 5.41) is 14.8. The van der Waals surface area contributed by atoms with Crippen molar-refractivity contribution < 1.29 is 14.0 Å². The first-order chi connectivity index (χ1) is 12.5. The Hall–Kier alpha value is -2.94. The average molecular weight is 371 g/mol. The third-order valence-electron chi connectivity index (χ3n) is 3.56. The van der Waals surface area contributed by atoms with Crippen molar-refractivity contribution in [1.29, 1.82) is 0 Å². The Morgan fingerprint density at radius 3 is 2.81 bits per heavy atom. The summed E-state index contributed by atoms with van der Waals surface area (Å²) in [7, 11) is 0. The van der Waals surface area contributed by atoms with Gasteiger partial charge < -0.3 is 9.73 Å². The molecule has 2 aromatic heterocycles. The van der Waals surface area contributed by atoms with Gasteiger partial charge in [0.05, 0.1) is 18.0 Å². The molecule has 9 heteroatoms. The molecule has 2 heterocycles. The maximum absolute atomic E-state index is 12.3. The van der Waals surface area contributed by atoms with Gasteiger partial charge in [-0.25, -0.2) is 0 Å². The molecular formula is C17H17N5O3S. The molecule has 26 heavy (non-hydrogen) atoms. The first kappa shape index (κ1) is 17.9. The zero-order chi connectivity index (χ0) is 18.5. The highest BCUT2D eigenvalue weighted by molar-refractivity contribution is 7.99. The fourth-order valence-electron chi connectivity index (χ4n) is 2.26. The number of hydrogen-bond acceptors (Lipinski definition) is 7. The molecule has 0 aliphatic rings. The van der Waals surface area contributed by atoms with Crippen LogP contribution in [0.25, 0.3) is 5.69 Å². The number of benzene rings is 1. The topological polar surface area (TPSA) is 103 Å². The van der Waals surface area contributed by atoms with Crippen LogP contribution in [0.3, 0.4) is 0 Å². The van der Waals surface area contributed by atoms with Crippen molar-refractivity contribution in [3.05, 3.63) is 53.5 Å². The smallest absolute Gasteiger partial charge is 0.217 e. The highest BCUT2D eigenvalue weighted by Gasteiger charge is 2.16. The van der Waals surface area contributed by atoms with Gasteiger partial charge >= 0.3 is 0 Å². The van der Waals surface area contributed by atoms with E-state index in [2.05, 4.69) is 20.8 Å². The Labute approximate surface area is 154 Å². The van der Waals surface area contributed by atoms with E-state index in [1.807, 2.05) is 31.2 Å². The van der Waals surface area contributed by atoms with Crippen LogP contribution in [0.4, 0.5) is 0 Å². The van der Waals surface area contributed by atoms with Crippen LogP contribution < -0.4 is 5.32 Å². The summed E-state index contributed by atoms with van der Waals surface area (Å²) in [4.78, 5) is 23.2. The van der Waals surface area contributed by atoms with Crippen molar-refractivity contribution in [2.24, 2.45) is 0 Å². The molecule has 0 fully saturated rings. The molecule has 0 aliphatic carbocycles. The molecule has 1 amide bonds. The van der Waals surface area contributed by atoms with Crippen molar-refractivity contribution in [3.8, 4) is 5.69 Å². The number of carbonyl (C=O) groups excluding carboxylic acids is 2. The van der Waals surface area contributed by atoms with E-state index in [0.29, 0.717) is 10.9 Å². The molecule has 8 nitrogen and oxygen atoms in total. The maximum atomic E-state index is 12.3. The minimum atomic E-state index is -0.177. The maximum Gasteiger partial charge on any atom is 0.217 e. The number of aryl methyl sites for hydroxylation is 1. The second-order valence-electron chi connectivity index (χ2n) is 5.55. The van der Waals surface area contributed by atoms with Crippen LogP contribution in [0.1, 0.15) is 28.8 Å². The van der Waals surface area contributed by atoms with Crippen LogP contribution in [0, 0.1) is 6.92 Å². The van der Waals surface area contributed by atoms with Crippen LogP contribution in [0.5, 0.6) is 0 Å². The predicted octanol–water partition coefficient (Wildman–Crippen LogP) is 2.17. The van der Waals surface area contributed by atoms with Crippen molar-refractivity contribution in [3.63, 3.8) is 0 Å². The number of rotatable bonds is 7. The molecule has 3 rings (SSSR count). The Balaban J connectivity index is 1.65. The van der Waals surface area contributed by atoms with Gasteiger partial charge in [-0.05, 0) is 41.1 Å². The Kier molecular flexibility index (Phi) is 5.47. The van der Waals surface area contributed by atoms with Crippen LogP contribution in [-0.2, 0) is 11.3 Å². The summed E-state index contributed by atoms with van der Waals surface area (Å²) in [5.41, 5.74) is 1.89. The fourth-order valence-corrected chi connectivity index (χ4v) is 3.01. The number of amides is 1. The summed E-state index contributed by atoms with van der Waals surface area (Å²) in [6, 6.07) is 11.0. The number of aromatic nitrogens is 4. The third kappa shape index (κ3) is 4.17. The molecule has 3 aromatic rings. The molecule has 0 unspecified atom stereocenters. The van der Waals surface area contributed by atoms with Crippen molar-refractivity contribution >= 4 is 23.5 Å². The number of hydrogen-bond donors (Lipinski definition) is 1. The molecule has 0 atom stereocenters. The van der Waals surface area contributed by atoms with Gasteiger partial charge in [0.15, 0.2) is 5.76 Å². The fraction of sp³-hybridized carbons (Fsp3) is 0.235. The summed E-state index contributed by atoms with van der Waals surface area (Å²) in [5.74, 6) is 0.571. The monoisotopic (exact) mass is 371 g/mol. The lowest BCUT2D eigenvalue weighted by molar-refractivity contribution is -0.119. The van der Waals surface area contributed by atoms with Gasteiger partial charge in [-0.15, -0.1) is 5.10 Å². The summed E-state index contributed by atoms with van der Waals surface area (Å²) >= 11 is 1.24. The predicted molar refractivity (Wildman–Crippen MR) is 95.2 cm³/mol. The van der Waals surface area contributed by atoms with Crippen LogP contribution in [0.15, 0.2) is 46.0 Å². The van der Waals surface area contributed by atoms with Crippen LogP contribution >= 0.6 is 11.8 Å². The number of tetrazole rings is 1. The number of furan rings is 1. The van der Waals surface area contributed by atoms with Crippen molar-refractivity contribution in [1.82, 2.24) is 25.5 Å².